The van der Waals surface area contributed by atoms with Crippen LogP contribution in [0.25, 0.3) is 12.2 Å². The Morgan fingerprint density at radius 2 is 0.706 bits per heavy atom. The quantitative estimate of drug-likeness (QED) is 0.0698. The largest absolute Gasteiger partial charge is 0.453 e. The SMILES string of the molecule is N#CC(C#N)=Cc1ccc(OP(=S)(N=P(N=P(c2ccccc2)(c2ccccc2)c2ccccc2)(Oc2ccc(C#N)cc2)Oc2ccc(C#N)cc2)Oc2ccc(C=C(C#N)C#N)cc2)cc1. The van der Waals surface area contributed by atoms with E-state index in [2.05, 4.69) is 12.1 Å². The van der Waals surface area contributed by atoms with Crippen LogP contribution in [-0.4, -0.2) is 0 Å². The summed E-state index contributed by atoms with van der Waals surface area (Å²) in [6.07, 6.45) is 2.85. The van der Waals surface area contributed by atoms with Crippen LogP contribution in [0.15, 0.2) is 208 Å². The van der Waals surface area contributed by atoms with Crippen molar-refractivity contribution in [1.82, 2.24) is 0 Å². The van der Waals surface area contributed by atoms with E-state index in [1.807, 2.05) is 115 Å². The van der Waals surface area contributed by atoms with Gasteiger partial charge in [-0.25, -0.2) is 0 Å². The average molecular weight is 959 g/mol. The van der Waals surface area contributed by atoms with E-state index in [0.717, 1.165) is 15.9 Å². The summed E-state index contributed by atoms with van der Waals surface area (Å²) in [5, 5.41) is 59.6. The van der Waals surface area contributed by atoms with E-state index in [0.29, 0.717) is 22.3 Å². The van der Waals surface area contributed by atoms with Crippen molar-refractivity contribution in [3.8, 4) is 59.4 Å². The number of nitriles is 6. The molecule has 7 aromatic rings. The molecule has 0 saturated carbocycles. The van der Waals surface area contributed by atoms with Gasteiger partial charge >= 0.3 is 14.3 Å². The fourth-order valence-electron chi connectivity index (χ4n) is 6.49. The predicted molar refractivity (Wildman–Crippen MR) is 267 cm³/mol. The zero-order valence-corrected chi connectivity index (χ0v) is 39.0. The van der Waals surface area contributed by atoms with Crippen LogP contribution in [0, 0.1) is 68.0 Å². The van der Waals surface area contributed by atoms with Gasteiger partial charge in [-0.2, -0.15) is 36.1 Å². The maximum absolute atomic E-state index is 9.76. The Morgan fingerprint density at radius 1 is 0.397 bits per heavy atom. The van der Waals surface area contributed by atoms with Crippen LogP contribution in [0.4, 0.5) is 0 Å². The van der Waals surface area contributed by atoms with Crippen molar-refractivity contribution in [3.63, 3.8) is 0 Å². The van der Waals surface area contributed by atoms with E-state index in [9.17, 15) is 31.6 Å². The molecule has 7 aromatic carbocycles. The molecule has 0 aliphatic heterocycles. The van der Waals surface area contributed by atoms with E-state index in [-0.39, 0.29) is 34.1 Å². The van der Waals surface area contributed by atoms with Crippen molar-refractivity contribution < 1.29 is 18.1 Å². The first-order chi connectivity index (χ1) is 33.1. The summed E-state index contributed by atoms with van der Waals surface area (Å²) in [6, 6.07) is 66.5. The highest BCUT2D eigenvalue weighted by Crippen LogP contribution is 2.69. The topological polar surface area (TPSA) is 204 Å². The van der Waals surface area contributed by atoms with Crippen LogP contribution >= 0.6 is 21.4 Å². The summed E-state index contributed by atoms with van der Waals surface area (Å²) in [4.78, 5) is 0. The van der Waals surface area contributed by atoms with Gasteiger partial charge in [0, 0.05) is 27.7 Å². The number of hydrogen-bond acceptors (Lipinski definition) is 11. The lowest BCUT2D eigenvalue weighted by Crippen LogP contribution is -2.25. The fourth-order valence-corrected chi connectivity index (χ4v) is 17.2. The van der Waals surface area contributed by atoms with Crippen molar-refractivity contribution in [2.45, 2.75) is 0 Å². The van der Waals surface area contributed by atoms with Crippen LogP contribution in [0.3, 0.4) is 0 Å². The highest BCUT2D eigenvalue weighted by atomic mass is 32.5. The Bertz CT molecular complexity index is 3150. The molecule has 0 bridgehead atoms. The molecule has 0 amide bonds. The van der Waals surface area contributed by atoms with Crippen LogP contribution in [0.2, 0.25) is 0 Å². The summed E-state index contributed by atoms with van der Waals surface area (Å²) in [5.74, 6) is 0.830. The Labute approximate surface area is 398 Å². The first kappa shape index (κ1) is 47.2. The van der Waals surface area contributed by atoms with Crippen LogP contribution in [-0.2, 0) is 11.8 Å². The Kier molecular flexibility index (Phi) is 15.3. The minimum Gasteiger partial charge on any atom is -0.419 e. The molecule has 0 spiro atoms. The van der Waals surface area contributed by atoms with Gasteiger partial charge < -0.3 is 18.1 Å². The van der Waals surface area contributed by atoms with Crippen LogP contribution in [0.5, 0.6) is 23.0 Å². The second kappa shape index (κ2) is 22.0. The van der Waals surface area contributed by atoms with Gasteiger partial charge in [0.1, 0.15) is 58.4 Å². The summed E-state index contributed by atoms with van der Waals surface area (Å²) in [6.45, 7) is -4.22. The molecule has 0 aliphatic rings. The van der Waals surface area contributed by atoms with Gasteiger partial charge in [0.15, 0.2) is 0 Å². The lowest BCUT2D eigenvalue weighted by molar-refractivity contribution is 0.466. The van der Waals surface area contributed by atoms with Gasteiger partial charge in [0.25, 0.3) is 0 Å². The van der Waals surface area contributed by atoms with E-state index in [1.165, 1.54) is 12.2 Å². The second-order valence-corrected chi connectivity index (χ2v) is 22.4. The first-order valence-electron chi connectivity index (χ1n) is 20.2. The van der Waals surface area contributed by atoms with E-state index in [4.69, 9.17) is 38.9 Å². The normalized spacial score (nSPS) is 10.6. The van der Waals surface area contributed by atoms with Gasteiger partial charge in [0.2, 0.25) is 0 Å². The van der Waals surface area contributed by atoms with Crippen molar-refractivity contribution in [2.24, 2.45) is 9.03 Å². The number of rotatable bonds is 15. The highest BCUT2D eigenvalue weighted by Gasteiger charge is 2.40. The molecule has 68 heavy (non-hydrogen) atoms. The molecule has 0 N–H and O–H groups in total. The molecule has 7 rings (SSSR count). The number of hydrogen-bond donors (Lipinski definition) is 0. The van der Waals surface area contributed by atoms with Gasteiger partial charge in [-0.1, -0.05) is 115 Å². The summed E-state index contributed by atoms with van der Waals surface area (Å²) >= 11 is 6.48. The minimum absolute atomic E-state index is 0.102. The zero-order valence-electron chi connectivity index (χ0n) is 35.5. The van der Waals surface area contributed by atoms with Crippen molar-refractivity contribution >= 4 is 61.2 Å². The first-order valence-corrected chi connectivity index (χ1v) is 26.1. The molecule has 0 atom stereocenters. The summed E-state index contributed by atoms with van der Waals surface area (Å²) < 4.78 is 38.8. The van der Waals surface area contributed by atoms with Gasteiger partial charge in [0.05, 0.1) is 30.3 Å². The van der Waals surface area contributed by atoms with Gasteiger partial charge in [-0.05, 0) is 96.1 Å². The van der Waals surface area contributed by atoms with E-state index in [1.54, 1.807) is 97.1 Å². The van der Waals surface area contributed by atoms with Gasteiger partial charge in [-0.3, -0.25) is 0 Å². The Morgan fingerprint density at radius 3 is 1.01 bits per heavy atom. The molecule has 0 aromatic heterocycles. The Hall–Kier alpha value is -8.73. The molecule has 0 unspecified atom stereocenters. The number of nitrogens with zero attached hydrogens (tertiary/aromatic N) is 8. The molecule has 0 saturated heterocycles. The second-order valence-electron chi connectivity index (χ2n) is 14.1. The minimum atomic E-state index is -4.41. The smallest absolute Gasteiger partial charge is 0.419 e. The van der Waals surface area contributed by atoms with E-state index < -0.39 is 21.4 Å². The maximum Gasteiger partial charge on any atom is 0.453 e. The molecular formula is C52H33N8O4P3S. The van der Waals surface area contributed by atoms with Gasteiger partial charge in [-0.15, -0.1) is 4.52 Å². The third-order valence-corrected chi connectivity index (χ3v) is 19.4. The molecule has 0 radical (unpaired) electrons. The Balaban J connectivity index is 1.61. The lowest BCUT2D eigenvalue weighted by atomic mass is 10.1. The molecule has 326 valence electrons. The third kappa shape index (κ3) is 11.6. The average Bonchev–Trinajstić information content (AvgIpc) is 3.38. The third-order valence-electron chi connectivity index (χ3n) is 9.58. The molecule has 12 nitrogen and oxygen atoms in total. The van der Waals surface area contributed by atoms with Crippen LogP contribution < -0.4 is 34.0 Å². The monoisotopic (exact) mass is 958 g/mol. The standard InChI is InChI=1S/C52H33N8O4P3S/c53-34-42-20-28-46(29-21-42)61-66(62-47-30-22-43(35-54)23-31-47,59-65(50-10-4-1-5-11-50,51-12-6-2-7-13-51)52-14-8-3-9-15-52)60-67(68,63-48-24-16-40(17-25-48)32-44(36-55)37-56)64-49-26-18-41(19-27-49)33-45(38-57)39-58/h1-33H. The van der Waals surface area contributed by atoms with Crippen molar-refractivity contribution in [1.29, 1.82) is 31.6 Å². The highest BCUT2D eigenvalue weighted by molar-refractivity contribution is 8.10. The maximum atomic E-state index is 9.76. The van der Waals surface area contributed by atoms with E-state index >= 15 is 0 Å². The molecular weight excluding hydrogens is 926 g/mol. The lowest BCUT2D eigenvalue weighted by Gasteiger charge is -2.32. The molecule has 0 heterocycles. The summed E-state index contributed by atoms with van der Waals surface area (Å²) in [7, 11) is -7.72. The number of allylic oxidation sites excluding steroid dienone is 2. The number of benzene rings is 7. The van der Waals surface area contributed by atoms with Crippen molar-refractivity contribution in [3.05, 3.63) is 221 Å². The zero-order chi connectivity index (χ0) is 47.8. The molecule has 0 aliphatic carbocycles. The van der Waals surface area contributed by atoms with Crippen molar-refractivity contribution in [2.75, 3.05) is 0 Å². The molecule has 0 fully saturated rings. The fraction of sp³-hybridized carbons (Fsp3) is 0. The summed E-state index contributed by atoms with van der Waals surface area (Å²) in [5.41, 5.74) is 1.60. The predicted octanol–water partition coefficient (Wildman–Crippen LogP) is 12.3. The molecule has 16 heteroatoms. The van der Waals surface area contributed by atoms with Crippen LogP contribution in [0.1, 0.15) is 22.3 Å².